The van der Waals surface area contributed by atoms with Gasteiger partial charge in [0.25, 0.3) is 0 Å². The van der Waals surface area contributed by atoms with Crippen LogP contribution in [-0.2, 0) is 0 Å². The summed E-state index contributed by atoms with van der Waals surface area (Å²) in [5.41, 5.74) is 0.188. The number of hydrogen-bond donors (Lipinski definition) is 2. The van der Waals surface area contributed by atoms with Crippen molar-refractivity contribution in [3.8, 4) is 11.8 Å². The van der Waals surface area contributed by atoms with Gasteiger partial charge in [-0.3, -0.25) is 0 Å². The maximum atomic E-state index is 9.60. The fraction of sp³-hybridized carbons (Fsp3) is 0.556. The third-order valence-corrected chi connectivity index (χ3v) is 1.88. The number of hydrogen-bond acceptors (Lipinski definition) is 6. The standard InChI is InChI=1S/C9H14N2O4/c1-5(12)8(13)7-9(15-3)11-6(14-2)4-10-7/h4-5,8,12-13H,1-3H3. The van der Waals surface area contributed by atoms with E-state index in [0.717, 1.165) is 0 Å². The summed E-state index contributed by atoms with van der Waals surface area (Å²) in [6.45, 7) is 1.45. The highest BCUT2D eigenvalue weighted by Crippen LogP contribution is 2.24. The minimum atomic E-state index is -1.13. The topological polar surface area (TPSA) is 84.7 Å². The zero-order valence-electron chi connectivity index (χ0n) is 8.84. The van der Waals surface area contributed by atoms with E-state index in [4.69, 9.17) is 9.47 Å². The van der Waals surface area contributed by atoms with Gasteiger partial charge in [0, 0.05) is 0 Å². The molecule has 0 saturated heterocycles. The second kappa shape index (κ2) is 4.90. The van der Waals surface area contributed by atoms with Gasteiger partial charge in [-0.15, -0.1) is 0 Å². The van der Waals surface area contributed by atoms with E-state index in [1.807, 2.05) is 0 Å². The molecule has 6 heteroatoms. The number of nitrogens with zero attached hydrogens (tertiary/aromatic N) is 2. The van der Waals surface area contributed by atoms with Crippen LogP contribution >= 0.6 is 0 Å². The molecule has 0 spiro atoms. The molecule has 0 radical (unpaired) electrons. The van der Waals surface area contributed by atoms with Crippen LogP contribution in [0.25, 0.3) is 0 Å². The van der Waals surface area contributed by atoms with Crippen molar-refractivity contribution < 1.29 is 19.7 Å². The van der Waals surface area contributed by atoms with Crippen molar-refractivity contribution in [2.45, 2.75) is 19.1 Å². The third kappa shape index (κ3) is 2.54. The Kier molecular flexibility index (Phi) is 3.81. The van der Waals surface area contributed by atoms with Gasteiger partial charge in [-0.25, -0.2) is 4.98 Å². The van der Waals surface area contributed by atoms with Crippen LogP contribution in [0.5, 0.6) is 11.8 Å². The van der Waals surface area contributed by atoms with Gasteiger partial charge >= 0.3 is 0 Å². The fourth-order valence-electron chi connectivity index (χ4n) is 1.05. The van der Waals surface area contributed by atoms with E-state index in [9.17, 15) is 10.2 Å². The molecule has 1 aromatic heterocycles. The summed E-state index contributed by atoms with van der Waals surface area (Å²) in [7, 11) is 2.86. The van der Waals surface area contributed by atoms with Gasteiger partial charge in [0.2, 0.25) is 11.8 Å². The average molecular weight is 214 g/mol. The first-order chi connectivity index (χ1) is 7.10. The molecule has 2 unspecified atom stereocenters. The first kappa shape index (κ1) is 11.7. The largest absolute Gasteiger partial charge is 0.480 e. The second-order valence-corrected chi connectivity index (χ2v) is 2.99. The van der Waals surface area contributed by atoms with Crippen LogP contribution in [0.15, 0.2) is 6.20 Å². The van der Waals surface area contributed by atoms with Crippen molar-refractivity contribution in [2.24, 2.45) is 0 Å². The predicted octanol–water partition coefficient (Wildman–Crippen LogP) is -0.0920. The van der Waals surface area contributed by atoms with Crippen LogP contribution in [0, 0.1) is 0 Å². The molecule has 0 bridgehead atoms. The lowest BCUT2D eigenvalue weighted by molar-refractivity contribution is 0.0256. The third-order valence-electron chi connectivity index (χ3n) is 1.88. The van der Waals surface area contributed by atoms with Gasteiger partial charge < -0.3 is 19.7 Å². The lowest BCUT2D eigenvalue weighted by Gasteiger charge is -2.15. The molecule has 2 atom stereocenters. The number of aliphatic hydroxyl groups excluding tert-OH is 2. The molecule has 0 fully saturated rings. The lowest BCUT2D eigenvalue weighted by atomic mass is 10.1. The Bertz CT molecular complexity index is 330. The number of rotatable bonds is 4. The predicted molar refractivity (Wildman–Crippen MR) is 51.8 cm³/mol. The Labute approximate surface area is 87.5 Å². The molecule has 1 heterocycles. The average Bonchev–Trinajstić information content (AvgIpc) is 2.27. The molecular formula is C9H14N2O4. The monoisotopic (exact) mass is 214 g/mol. The highest BCUT2D eigenvalue weighted by molar-refractivity contribution is 5.25. The van der Waals surface area contributed by atoms with Crippen molar-refractivity contribution in [1.29, 1.82) is 0 Å². The molecule has 0 saturated carbocycles. The molecule has 0 amide bonds. The Morgan fingerprint density at radius 1 is 1.27 bits per heavy atom. The van der Waals surface area contributed by atoms with E-state index < -0.39 is 12.2 Å². The summed E-state index contributed by atoms with van der Waals surface area (Å²) in [4.78, 5) is 7.85. The lowest BCUT2D eigenvalue weighted by Crippen LogP contribution is -2.17. The maximum absolute atomic E-state index is 9.60. The molecule has 0 aliphatic heterocycles. The highest BCUT2D eigenvalue weighted by atomic mass is 16.5. The first-order valence-electron chi connectivity index (χ1n) is 4.41. The second-order valence-electron chi connectivity index (χ2n) is 2.99. The number of methoxy groups -OCH3 is 2. The van der Waals surface area contributed by atoms with Gasteiger partial charge in [-0.05, 0) is 6.92 Å². The van der Waals surface area contributed by atoms with Gasteiger partial charge in [0.05, 0.1) is 26.5 Å². The zero-order chi connectivity index (χ0) is 11.4. The molecule has 84 valence electrons. The Balaban J connectivity index is 3.07. The van der Waals surface area contributed by atoms with E-state index in [2.05, 4.69) is 9.97 Å². The van der Waals surface area contributed by atoms with Crippen LogP contribution in [0.3, 0.4) is 0 Å². The number of ether oxygens (including phenoxy) is 2. The SMILES string of the molecule is COc1cnc(C(O)C(C)O)c(OC)n1. The van der Waals surface area contributed by atoms with Crippen molar-refractivity contribution >= 4 is 0 Å². The molecule has 2 N–H and O–H groups in total. The number of aromatic nitrogens is 2. The van der Waals surface area contributed by atoms with E-state index >= 15 is 0 Å². The van der Waals surface area contributed by atoms with Crippen molar-refractivity contribution in [3.63, 3.8) is 0 Å². The summed E-state index contributed by atoms with van der Waals surface area (Å²) in [6, 6.07) is 0. The zero-order valence-corrected chi connectivity index (χ0v) is 8.84. The fourth-order valence-corrected chi connectivity index (χ4v) is 1.05. The molecule has 0 aliphatic rings. The Morgan fingerprint density at radius 2 is 1.93 bits per heavy atom. The number of aliphatic hydroxyl groups is 2. The van der Waals surface area contributed by atoms with Crippen molar-refractivity contribution in [1.82, 2.24) is 9.97 Å². The first-order valence-corrected chi connectivity index (χ1v) is 4.41. The van der Waals surface area contributed by atoms with Crippen LogP contribution < -0.4 is 9.47 Å². The molecule has 0 aromatic carbocycles. The smallest absolute Gasteiger partial charge is 0.241 e. The summed E-state index contributed by atoms with van der Waals surface area (Å²) in [6.07, 6.45) is -0.719. The van der Waals surface area contributed by atoms with Gasteiger partial charge in [0.15, 0.2) is 0 Å². The minimum Gasteiger partial charge on any atom is -0.480 e. The summed E-state index contributed by atoms with van der Waals surface area (Å²) < 4.78 is 9.79. The van der Waals surface area contributed by atoms with E-state index in [1.165, 1.54) is 27.3 Å². The van der Waals surface area contributed by atoms with Crippen LogP contribution in [0.4, 0.5) is 0 Å². The van der Waals surface area contributed by atoms with Crippen LogP contribution in [0.2, 0.25) is 0 Å². The van der Waals surface area contributed by atoms with Gasteiger partial charge in [-0.1, -0.05) is 0 Å². The highest BCUT2D eigenvalue weighted by Gasteiger charge is 2.21. The Morgan fingerprint density at radius 3 is 2.40 bits per heavy atom. The summed E-state index contributed by atoms with van der Waals surface area (Å²) >= 11 is 0. The molecule has 1 rings (SSSR count). The molecule has 0 aliphatic carbocycles. The molecule has 6 nitrogen and oxygen atoms in total. The normalized spacial score (nSPS) is 14.5. The van der Waals surface area contributed by atoms with Gasteiger partial charge in [-0.2, -0.15) is 4.98 Å². The summed E-state index contributed by atoms with van der Waals surface area (Å²) in [5, 5.41) is 18.8. The van der Waals surface area contributed by atoms with Crippen LogP contribution in [0.1, 0.15) is 18.7 Å². The summed E-state index contributed by atoms with van der Waals surface area (Å²) in [5.74, 6) is 0.427. The van der Waals surface area contributed by atoms with E-state index in [0.29, 0.717) is 0 Å². The van der Waals surface area contributed by atoms with Gasteiger partial charge in [0.1, 0.15) is 11.8 Å². The van der Waals surface area contributed by atoms with Crippen molar-refractivity contribution in [2.75, 3.05) is 14.2 Å². The molecular weight excluding hydrogens is 200 g/mol. The van der Waals surface area contributed by atoms with Crippen molar-refractivity contribution in [3.05, 3.63) is 11.9 Å². The quantitative estimate of drug-likeness (QED) is 0.728. The maximum Gasteiger partial charge on any atom is 0.241 e. The molecule has 15 heavy (non-hydrogen) atoms. The molecule has 1 aromatic rings. The Hall–Kier alpha value is -1.40. The van der Waals surface area contributed by atoms with Crippen LogP contribution in [-0.4, -0.2) is 40.5 Å². The minimum absolute atomic E-state index is 0.141. The van der Waals surface area contributed by atoms with E-state index in [-0.39, 0.29) is 17.5 Å². The van der Waals surface area contributed by atoms with E-state index in [1.54, 1.807) is 0 Å².